The fourth-order valence-electron chi connectivity index (χ4n) is 5.40. The van der Waals surface area contributed by atoms with Crippen molar-refractivity contribution in [2.45, 2.75) is 82.3 Å². The van der Waals surface area contributed by atoms with Crippen LogP contribution in [0, 0.1) is 11.8 Å². The lowest BCUT2D eigenvalue weighted by Gasteiger charge is -2.35. The molecule has 1 saturated carbocycles. The lowest BCUT2D eigenvalue weighted by Crippen LogP contribution is -2.51. The lowest BCUT2D eigenvalue weighted by atomic mass is 9.77. The Morgan fingerprint density at radius 3 is 2.08 bits per heavy atom. The Bertz CT molecular complexity index is 483. The van der Waals surface area contributed by atoms with Gasteiger partial charge in [-0.2, -0.15) is 0 Å². The fraction of sp³-hybridized carbons (Fsp3) is 0.895. The molecule has 5 nitrogen and oxygen atoms in total. The highest BCUT2D eigenvalue weighted by atomic mass is 35.5. The molecule has 0 radical (unpaired) electrons. The van der Waals surface area contributed by atoms with E-state index in [0.29, 0.717) is 18.1 Å². The van der Waals surface area contributed by atoms with Crippen LogP contribution in [0.15, 0.2) is 0 Å². The number of carbonyl (C=O) groups is 2. The summed E-state index contributed by atoms with van der Waals surface area (Å²) in [6.45, 7) is 1.78. The first-order valence-corrected chi connectivity index (χ1v) is 10.1. The molecule has 1 aliphatic carbocycles. The predicted molar refractivity (Wildman–Crippen MR) is 99.6 cm³/mol. The maximum atomic E-state index is 12.9. The van der Waals surface area contributed by atoms with Crippen molar-refractivity contribution in [2.75, 3.05) is 13.1 Å². The van der Waals surface area contributed by atoms with Crippen molar-refractivity contribution in [1.82, 2.24) is 15.5 Å². The van der Waals surface area contributed by atoms with E-state index in [1.54, 1.807) is 0 Å². The molecule has 4 rings (SSSR count). The molecule has 4 aliphatic rings. The summed E-state index contributed by atoms with van der Waals surface area (Å²) in [7, 11) is 0. The number of likely N-dealkylation sites (tertiary alicyclic amines) is 1. The van der Waals surface area contributed by atoms with Crippen molar-refractivity contribution in [2.24, 2.45) is 11.8 Å². The molecule has 0 aromatic carbocycles. The van der Waals surface area contributed by atoms with Gasteiger partial charge in [-0.15, -0.1) is 12.4 Å². The van der Waals surface area contributed by atoms with Crippen LogP contribution >= 0.6 is 12.4 Å². The van der Waals surface area contributed by atoms with Crippen LogP contribution < -0.4 is 10.6 Å². The highest BCUT2D eigenvalue weighted by Crippen LogP contribution is 2.33. The number of hydrogen-bond acceptors (Lipinski definition) is 3. The first-order valence-electron chi connectivity index (χ1n) is 10.1. The third-order valence-electron chi connectivity index (χ3n) is 6.66. The van der Waals surface area contributed by atoms with E-state index in [9.17, 15) is 9.59 Å². The van der Waals surface area contributed by atoms with Gasteiger partial charge in [0.25, 0.3) is 0 Å². The molecule has 0 aromatic heterocycles. The molecule has 2 bridgehead atoms. The van der Waals surface area contributed by atoms with Gasteiger partial charge in [0, 0.05) is 43.1 Å². The standard InChI is InChI=1S/C19H31N3O2.ClH/c23-18(21-15-11-13-7-8-14(12-15)20-13)16-5-1-2-6-17(16)19(24)22-9-3-4-10-22;/h13-17,20H,1-12H2,(H,21,23);1H. The van der Waals surface area contributed by atoms with Crippen molar-refractivity contribution in [1.29, 1.82) is 0 Å². The topological polar surface area (TPSA) is 61.4 Å². The zero-order chi connectivity index (χ0) is 16.5. The van der Waals surface area contributed by atoms with Gasteiger partial charge in [0.05, 0.1) is 0 Å². The minimum atomic E-state index is -0.0978. The molecule has 4 unspecified atom stereocenters. The van der Waals surface area contributed by atoms with Crippen LogP contribution in [0.3, 0.4) is 0 Å². The Morgan fingerprint density at radius 2 is 1.44 bits per heavy atom. The largest absolute Gasteiger partial charge is 0.353 e. The van der Waals surface area contributed by atoms with Crippen LogP contribution in [0.1, 0.15) is 64.2 Å². The highest BCUT2D eigenvalue weighted by Gasteiger charge is 2.40. The molecule has 6 heteroatoms. The minimum Gasteiger partial charge on any atom is -0.353 e. The predicted octanol–water partition coefficient (Wildman–Crippen LogP) is 2.24. The van der Waals surface area contributed by atoms with Crippen molar-refractivity contribution < 1.29 is 9.59 Å². The molecule has 2 N–H and O–H groups in total. The molecule has 0 aromatic rings. The van der Waals surface area contributed by atoms with E-state index in [0.717, 1.165) is 64.5 Å². The second-order valence-corrected chi connectivity index (χ2v) is 8.34. The maximum Gasteiger partial charge on any atom is 0.226 e. The Kier molecular flexibility index (Phi) is 6.26. The quantitative estimate of drug-likeness (QED) is 0.802. The summed E-state index contributed by atoms with van der Waals surface area (Å²) in [5.74, 6) is 0.228. The number of piperidine rings is 1. The Balaban J connectivity index is 0.00000182. The van der Waals surface area contributed by atoms with Crippen molar-refractivity contribution in [3.05, 3.63) is 0 Å². The molecular formula is C19H32ClN3O2. The molecule has 3 saturated heterocycles. The molecule has 0 spiro atoms. The number of amides is 2. The van der Waals surface area contributed by atoms with Crippen molar-refractivity contribution in [3.8, 4) is 0 Å². The summed E-state index contributed by atoms with van der Waals surface area (Å²) in [6.07, 6.45) is 10.8. The molecule has 3 heterocycles. The van der Waals surface area contributed by atoms with E-state index in [4.69, 9.17) is 0 Å². The van der Waals surface area contributed by atoms with Gasteiger partial charge in [-0.25, -0.2) is 0 Å². The third-order valence-corrected chi connectivity index (χ3v) is 6.66. The Hall–Kier alpha value is -0.810. The fourth-order valence-corrected chi connectivity index (χ4v) is 5.40. The van der Waals surface area contributed by atoms with E-state index in [1.165, 1.54) is 12.8 Å². The second-order valence-electron chi connectivity index (χ2n) is 8.34. The molecule has 4 atom stereocenters. The number of nitrogens with zero attached hydrogens (tertiary/aromatic N) is 1. The molecule has 2 amide bonds. The van der Waals surface area contributed by atoms with Gasteiger partial charge in [-0.05, 0) is 51.4 Å². The van der Waals surface area contributed by atoms with E-state index in [2.05, 4.69) is 10.6 Å². The van der Waals surface area contributed by atoms with Gasteiger partial charge in [0.15, 0.2) is 0 Å². The average Bonchev–Trinajstić information content (AvgIpc) is 3.24. The molecular weight excluding hydrogens is 338 g/mol. The van der Waals surface area contributed by atoms with Crippen LogP contribution in [-0.2, 0) is 9.59 Å². The number of fused-ring (bicyclic) bond motifs is 2. The SMILES string of the molecule is Cl.O=C(NC1CC2CCC(C1)N2)C1CCCCC1C(=O)N1CCCC1. The first kappa shape index (κ1) is 19.0. The first-order chi connectivity index (χ1) is 11.7. The van der Waals surface area contributed by atoms with Gasteiger partial charge in [0.2, 0.25) is 11.8 Å². The van der Waals surface area contributed by atoms with Gasteiger partial charge in [0.1, 0.15) is 0 Å². The summed E-state index contributed by atoms with van der Waals surface area (Å²) in [4.78, 5) is 27.8. The smallest absolute Gasteiger partial charge is 0.226 e. The summed E-state index contributed by atoms with van der Waals surface area (Å²) in [5.41, 5.74) is 0. The van der Waals surface area contributed by atoms with Gasteiger partial charge < -0.3 is 15.5 Å². The van der Waals surface area contributed by atoms with Crippen molar-refractivity contribution >= 4 is 24.2 Å². The van der Waals surface area contributed by atoms with Crippen molar-refractivity contribution in [3.63, 3.8) is 0 Å². The van der Waals surface area contributed by atoms with E-state index in [-0.39, 0.29) is 36.1 Å². The van der Waals surface area contributed by atoms with Crippen LogP contribution in [0.25, 0.3) is 0 Å². The van der Waals surface area contributed by atoms with Crippen LogP contribution in [0.5, 0.6) is 0 Å². The number of hydrogen-bond donors (Lipinski definition) is 2. The minimum absolute atomic E-state index is 0. The lowest BCUT2D eigenvalue weighted by molar-refractivity contribution is -0.143. The van der Waals surface area contributed by atoms with Gasteiger partial charge >= 0.3 is 0 Å². The zero-order valence-corrected chi connectivity index (χ0v) is 15.9. The molecule has 3 aliphatic heterocycles. The van der Waals surface area contributed by atoms with E-state index in [1.807, 2.05) is 4.90 Å². The summed E-state index contributed by atoms with van der Waals surface area (Å²) < 4.78 is 0. The van der Waals surface area contributed by atoms with Crippen LogP contribution in [0.4, 0.5) is 0 Å². The van der Waals surface area contributed by atoms with Crippen LogP contribution in [0.2, 0.25) is 0 Å². The number of nitrogens with one attached hydrogen (secondary N) is 2. The van der Waals surface area contributed by atoms with E-state index >= 15 is 0 Å². The summed E-state index contributed by atoms with van der Waals surface area (Å²) in [5, 5.41) is 6.94. The normalized spacial score (nSPS) is 37.4. The Labute approximate surface area is 157 Å². The van der Waals surface area contributed by atoms with E-state index < -0.39 is 0 Å². The van der Waals surface area contributed by atoms with Gasteiger partial charge in [-0.3, -0.25) is 9.59 Å². The molecule has 4 fully saturated rings. The molecule has 25 heavy (non-hydrogen) atoms. The highest BCUT2D eigenvalue weighted by molar-refractivity contribution is 5.88. The van der Waals surface area contributed by atoms with Gasteiger partial charge in [-0.1, -0.05) is 12.8 Å². The molecule has 142 valence electrons. The number of halogens is 1. The van der Waals surface area contributed by atoms with Crippen LogP contribution in [-0.4, -0.2) is 47.9 Å². The maximum absolute atomic E-state index is 12.9. The third kappa shape index (κ3) is 4.13. The summed E-state index contributed by atoms with van der Waals surface area (Å²) in [6, 6.07) is 1.48. The average molecular weight is 370 g/mol. The summed E-state index contributed by atoms with van der Waals surface area (Å²) >= 11 is 0. The zero-order valence-electron chi connectivity index (χ0n) is 15.0. The number of rotatable bonds is 3. The number of carbonyl (C=O) groups excluding carboxylic acids is 2. The second kappa shape index (κ2) is 8.26. The monoisotopic (exact) mass is 369 g/mol. The Morgan fingerprint density at radius 1 is 0.840 bits per heavy atom.